The molecule has 2 atom stereocenters. The first-order valence-electron chi connectivity index (χ1n) is 4.56. The zero-order chi connectivity index (χ0) is 10.1. The highest BCUT2D eigenvalue weighted by atomic mass is 16.6. The Labute approximate surface area is 82.6 Å². The molecule has 1 heterocycles. The monoisotopic (exact) mass is 192 g/mol. The van der Waals surface area contributed by atoms with E-state index >= 15 is 0 Å². The van der Waals surface area contributed by atoms with Crippen LogP contribution in [0.15, 0.2) is 24.3 Å². The Morgan fingerprint density at radius 3 is 2.79 bits per heavy atom. The smallest absolute Gasteiger partial charge is 0.337 e. The van der Waals surface area contributed by atoms with Crippen molar-refractivity contribution in [2.75, 3.05) is 7.11 Å². The van der Waals surface area contributed by atoms with E-state index in [0.717, 1.165) is 5.56 Å². The molecule has 0 spiro atoms. The maximum atomic E-state index is 11.2. The maximum absolute atomic E-state index is 11.2. The van der Waals surface area contributed by atoms with Crippen LogP contribution < -0.4 is 0 Å². The maximum Gasteiger partial charge on any atom is 0.337 e. The molecular weight excluding hydrogens is 180 g/mol. The minimum absolute atomic E-state index is 0.152. The molecular formula is C11H12O3. The number of epoxide rings is 1. The van der Waals surface area contributed by atoms with Gasteiger partial charge >= 0.3 is 5.97 Å². The molecule has 0 radical (unpaired) electrons. The van der Waals surface area contributed by atoms with E-state index < -0.39 is 0 Å². The van der Waals surface area contributed by atoms with Gasteiger partial charge in [0, 0.05) is 0 Å². The van der Waals surface area contributed by atoms with Crippen molar-refractivity contribution in [2.45, 2.75) is 19.1 Å². The molecule has 74 valence electrons. The van der Waals surface area contributed by atoms with Crippen molar-refractivity contribution in [3.63, 3.8) is 0 Å². The minimum Gasteiger partial charge on any atom is -0.465 e. The largest absolute Gasteiger partial charge is 0.465 e. The Morgan fingerprint density at radius 2 is 2.21 bits per heavy atom. The summed E-state index contributed by atoms with van der Waals surface area (Å²) in [5, 5.41) is 0. The molecule has 1 aliphatic heterocycles. The van der Waals surface area contributed by atoms with Crippen LogP contribution in [-0.4, -0.2) is 19.2 Å². The van der Waals surface area contributed by atoms with Gasteiger partial charge in [0.1, 0.15) is 6.10 Å². The van der Waals surface area contributed by atoms with Crippen LogP contribution in [0, 0.1) is 0 Å². The van der Waals surface area contributed by atoms with Gasteiger partial charge in [0.05, 0.1) is 18.8 Å². The van der Waals surface area contributed by atoms with E-state index in [1.165, 1.54) is 7.11 Å². The van der Waals surface area contributed by atoms with E-state index in [0.29, 0.717) is 5.56 Å². The fourth-order valence-electron chi connectivity index (χ4n) is 1.50. The summed E-state index contributed by atoms with van der Waals surface area (Å²) in [4.78, 5) is 11.2. The summed E-state index contributed by atoms with van der Waals surface area (Å²) in [6.45, 7) is 2.01. The van der Waals surface area contributed by atoms with Crippen molar-refractivity contribution in [3.8, 4) is 0 Å². The number of hydrogen-bond donors (Lipinski definition) is 0. The first-order valence-corrected chi connectivity index (χ1v) is 4.56. The van der Waals surface area contributed by atoms with E-state index in [1.807, 2.05) is 25.1 Å². The molecule has 0 bridgehead atoms. The molecule has 0 N–H and O–H groups in total. The van der Waals surface area contributed by atoms with Gasteiger partial charge in [-0.1, -0.05) is 12.1 Å². The summed E-state index contributed by atoms with van der Waals surface area (Å²) >= 11 is 0. The van der Waals surface area contributed by atoms with Crippen LogP contribution in [-0.2, 0) is 9.47 Å². The van der Waals surface area contributed by atoms with Crippen LogP contribution >= 0.6 is 0 Å². The lowest BCUT2D eigenvalue weighted by Gasteiger charge is -2.00. The highest BCUT2D eigenvalue weighted by Crippen LogP contribution is 2.38. The van der Waals surface area contributed by atoms with Crippen molar-refractivity contribution in [3.05, 3.63) is 35.4 Å². The average molecular weight is 192 g/mol. The third kappa shape index (κ3) is 1.63. The highest BCUT2D eigenvalue weighted by molar-refractivity contribution is 5.89. The van der Waals surface area contributed by atoms with Crippen LogP contribution in [0.2, 0.25) is 0 Å². The number of methoxy groups -OCH3 is 1. The van der Waals surface area contributed by atoms with Crippen molar-refractivity contribution < 1.29 is 14.3 Å². The molecule has 3 nitrogen and oxygen atoms in total. The number of rotatable bonds is 2. The van der Waals surface area contributed by atoms with Crippen molar-refractivity contribution in [1.29, 1.82) is 0 Å². The quantitative estimate of drug-likeness (QED) is 0.531. The number of esters is 1. The number of benzene rings is 1. The second-order valence-corrected chi connectivity index (χ2v) is 3.38. The topological polar surface area (TPSA) is 38.8 Å². The summed E-state index contributed by atoms with van der Waals surface area (Å²) in [7, 11) is 1.38. The molecule has 14 heavy (non-hydrogen) atoms. The Morgan fingerprint density at radius 1 is 1.50 bits per heavy atom. The van der Waals surface area contributed by atoms with E-state index in [2.05, 4.69) is 4.74 Å². The Bertz CT molecular complexity index is 359. The fraction of sp³-hybridized carbons (Fsp3) is 0.364. The van der Waals surface area contributed by atoms with Gasteiger partial charge in [0.15, 0.2) is 0 Å². The SMILES string of the molecule is COC(=O)c1cccc(C2OC2C)c1. The summed E-state index contributed by atoms with van der Waals surface area (Å²) in [5.41, 5.74) is 1.62. The second kappa shape index (κ2) is 3.42. The third-order valence-electron chi connectivity index (χ3n) is 2.35. The third-order valence-corrected chi connectivity index (χ3v) is 2.35. The summed E-state index contributed by atoms with van der Waals surface area (Å²) in [5.74, 6) is -0.305. The molecule has 2 rings (SSSR count). The molecule has 1 aromatic rings. The Kier molecular flexibility index (Phi) is 2.25. The molecule has 1 fully saturated rings. The molecule has 0 saturated carbocycles. The lowest BCUT2D eigenvalue weighted by molar-refractivity contribution is 0.0600. The summed E-state index contributed by atoms with van der Waals surface area (Å²) < 4.78 is 9.96. The molecule has 0 aromatic heterocycles. The zero-order valence-corrected chi connectivity index (χ0v) is 8.19. The minimum atomic E-state index is -0.305. The van der Waals surface area contributed by atoms with Gasteiger partial charge in [0.25, 0.3) is 0 Å². The van der Waals surface area contributed by atoms with Crippen LogP contribution in [0.5, 0.6) is 0 Å². The predicted molar refractivity (Wildman–Crippen MR) is 51.1 cm³/mol. The molecule has 0 amide bonds. The highest BCUT2D eigenvalue weighted by Gasteiger charge is 2.35. The van der Waals surface area contributed by atoms with E-state index in [9.17, 15) is 4.79 Å². The van der Waals surface area contributed by atoms with Gasteiger partial charge < -0.3 is 9.47 Å². The standard InChI is InChI=1S/C11H12O3/c1-7-10(14-7)8-4-3-5-9(6-8)11(12)13-2/h3-7,10H,1-2H3. The lowest BCUT2D eigenvalue weighted by atomic mass is 10.1. The normalized spacial score (nSPS) is 24.4. The van der Waals surface area contributed by atoms with Crippen LogP contribution in [0.1, 0.15) is 28.9 Å². The number of carbonyl (C=O) groups is 1. The van der Waals surface area contributed by atoms with Gasteiger partial charge in [-0.3, -0.25) is 0 Å². The van der Waals surface area contributed by atoms with Crippen molar-refractivity contribution in [2.24, 2.45) is 0 Å². The van der Waals surface area contributed by atoms with Crippen molar-refractivity contribution >= 4 is 5.97 Å². The first kappa shape index (κ1) is 9.21. The number of ether oxygens (including phenoxy) is 2. The molecule has 3 heteroatoms. The van der Waals surface area contributed by atoms with E-state index in [-0.39, 0.29) is 18.2 Å². The predicted octanol–water partition coefficient (Wildman–Crippen LogP) is 1.93. The molecule has 1 aromatic carbocycles. The van der Waals surface area contributed by atoms with Crippen LogP contribution in [0.3, 0.4) is 0 Å². The molecule has 0 aliphatic carbocycles. The van der Waals surface area contributed by atoms with Gasteiger partial charge in [-0.25, -0.2) is 4.79 Å². The molecule has 1 saturated heterocycles. The van der Waals surface area contributed by atoms with E-state index in [4.69, 9.17) is 4.74 Å². The molecule has 1 aliphatic rings. The van der Waals surface area contributed by atoms with Gasteiger partial charge in [-0.2, -0.15) is 0 Å². The first-order chi connectivity index (χ1) is 6.72. The number of carbonyl (C=O) groups excluding carboxylic acids is 1. The lowest BCUT2D eigenvalue weighted by Crippen LogP contribution is -2.01. The van der Waals surface area contributed by atoms with Crippen LogP contribution in [0.25, 0.3) is 0 Å². The van der Waals surface area contributed by atoms with Crippen LogP contribution in [0.4, 0.5) is 0 Å². The van der Waals surface area contributed by atoms with E-state index in [1.54, 1.807) is 6.07 Å². The van der Waals surface area contributed by atoms with Gasteiger partial charge in [0.2, 0.25) is 0 Å². The number of hydrogen-bond acceptors (Lipinski definition) is 3. The zero-order valence-electron chi connectivity index (χ0n) is 8.19. The second-order valence-electron chi connectivity index (χ2n) is 3.38. The average Bonchev–Trinajstić information content (AvgIpc) is 2.95. The van der Waals surface area contributed by atoms with Gasteiger partial charge in [-0.05, 0) is 24.6 Å². The molecule has 2 unspecified atom stereocenters. The Hall–Kier alpha value is -1.35. The summed E-state index contributed by atoms with van der Waals surface area (Å²) in [6.07, 6.45) is 0.419. The van der Waals surface area contributed by atoms with Crippen molar-refractivity contribution in [1.82, 2.24) is 0 Å². The summed E-state index contributed by atoms with van der Waals surface area (Å²) in [6, 6.07) is 7.36. The fourth-order valence-corrected chi connectivity index (χ4v) is 1.50. The Balaban J connectivity index is 2.23. The van der Waals surface area contributed by atoms with Gasteiger partial charge in [-0.15, -0.1) is 0 Å².